The van der Waals surface area contributed by atoms with E-state index in [1.165, 1.54) is 52.0 Å². The summed E-state index contributed by atoms with van der Waals surface area (Å²) in [6.07, 6.45) is 4.15. The molecule has 3 nitrogen and oxygen atoms in total. The molecule has 6 heteroatoms. The van der Waals surface area contributed by atoms with Crippen LogP contribution in [0.3, 0.4) is 0 Å². The molecule has 2 aliphatic heterocycles. The van der Waals surface area contributed by atoms with Crippen molar-refractivity contribution in [1.29, 1.82) is 0 Å². The lowest BCUT2D eigenvalue weighted by Crippen LogP contribution is -2.50. The van der Waals surface area contributed by atoms with E-state index in [0.29, 0.717) is 0 Å². The molecule has 2 rings (SSSR count). The maximum absolute atomic E-state index is 3.50. The molecule has 0 aromatic carbocycles. The van der Waals surface area contributed by atoms with Gasteiger partial charge in [0, 0.05) is 25.7 Å². The lowest BCUT2D eigenvalue weighted by atomic mass is 9.90. The fourth-order valence-corrected chi connectivity index (χ4v) is 2.63. The third kappa shape index (κ3) is 6.46. The third-order valence-corrected chi connectivity index (χ3v) is 3.71. The van der Waals surface area contributed by atoms with E-state index in [1.807, 2.05) is 0 Å². The normalized spacial score (nSPS) is 26.3. The summed E-state index contributed by atoms with van der Waals surface area (Å²) in [5.41, 5.74) is 0. The number of nitrogens with one attached hydrogen (secondary N) is 2. The molecule has 0 radical (unpaired) electrons. The lowest BCUT2D eigenvalue weighted by Gasteiger charge is -2.36. The van der Waals surface area contributed by atoms with Gasteiger partial charge in [-0.3, -0.25) is 0 Å². The van der Waals surface area contributed by atoms with Crippen molar-refractivity contribution < 1.29 is 0 Å². The molecule has 0 spiro atoms. The van der Waals surface area contributed by atoms with Crippen LogP contribution in [-0.2, 0) is 0 Å². The van der Waals surface area contributed by atoms with Crippen LogP contribution >= 0.6 is 37.2 Å². The quantitative estimate of drug-likeness (QED) is 0.810. The van der Waals surface area contributed by atoms with Gasteiger partial charge in [-0.15, -0.1) is 37.2 Å². The molecule has 17 heavy (non-hydrogen) atoms. The Labute approximate surface area is 124 Å². The second kappa shape index (κ2) is 10.7. The molecule has 106 valence electrons. The number of nitrogens with zero attached hydrogens (tertiary/aromatic N) is 1. The Morgan fingerprint density at radius 1 is 1.00 bits per heavy atom. The van der Waals surface area contributed by atoms with Gasteiger partial charge in [-0.05, 0) is 45.3 Å². The molecule has 0 saturated carbocycles. The zero-order chi connectivity index (χ0) is 9.80. The highest BCUT2D eigenvalue weighted by molar-refractivity contribution is 5.86. The van der Waals surface area contributed by atoms with E-state index in [0.717, 1.165) is 12.0 Å². The first kappa shape index (κ1) is 20.1. The number of likely N-dealkylation sites (N-methyl/N-ethyl adjacent to an activating group) is 1. The third-order valence-electron chi connectivity index (χ3n) is 3.71. The fourth-order valence-electron chi connectivity index (χ4n) is 2.63. The number of piperazine rings is 1. The van der Waals surface area contributed by atoms with Gasteiger partial charge >= 0.3 is 0 Å². The molecule has 2 aliphatic rings. The molecular weight excluding hydrogens is 281 g/mol. The SMILES string of the molecule is CN1CCNCC1CC1CCNCC1.Cl.Cl.Cl. The van der Waals surface area contributed by atoms with Crippen molar-refractivity contribution in [1.82, 2.24) is 15.5 Å². The Morgan fingerprint density at radius 3 is 2.24 bits per heavy atom. The minimum absolute atomic E-state index is 0. The van der Waals surface area contributed by atoms with Gasteiger partial charge < -0.3 is 15.5 Å². The Bertz CT molecular complexity index is 177. The predicted octanol–water partition coefficient (Wildman–Crippen LogP) is 1.55. The van der Waals surface area contributed by atoms with Gasteiger partial charge in [0.25, 0.3) is 0 Å². The molecule has 0 aromatic rings. The number of rotatable bonds is 2. The number of hydrogen-bond acceptors (Lipinski definition) is 3. The minimum atomic E-state index is 0. The second-order valence-corrected chi connectivity index (χ2v) is 4.77. The zero-order valence-corrected chi connectivity index (χ0v) is 12.9. The van der Waals surface area contributed by atoms with Gasteiger partial charge in [-0.25, -0.2) is 0 Å². The second-order valence-electron chi connectivity index (χ2n) is 4.77. The van der Waals surface area contributed by atoms with Crippen LogP contribution in [0.4, 0.5) is 0 Å². The van der Waals surface area contributed by atoms with Gasteiger partial charge in [-0.2, -0.15) is 0 Å². The van der Waals surface area contributed by atoms with Gasteiger partial charge in [0.2, 0.25) is 0 Å². The molecular formula is C11H26Cl3N3. The van der Waals surface area contributed by atoms with E-state index in [9.17, 15) is 0 Å². The van der Waals surface area contributed by atoms with Crippen LogP contribution in [0, 0.1) is 5.92 Å². The van der Waals surface area contributed by atoms with E-state index < -0.39 is 0 Å². The van der Waals surface area contributed by atoms with Crippen LogP contribution in [0.1, 0.15) is 19.3 Å². The van der Waals surface area contributed by atoms with Gasteiger partial charge in [-0.1, -0.05) is 0 Å². The summed E-state index contributed by atoms with van der Waals surface area (Å²) in [6.45, 7) is 6.04. The van der Waals surface area contributed by atoms with Gasteiger partial charge in [0.05, 0.1) is 0 Å². The van der Waals surface area contributed by atoms with Crippen molar-refractivity contribution in [3.05, 3.63) is 0 Å². The highest BCUT2D eigenvalue weighted by atomic mass is 35.5. The van der Waals surface area contributed by atoms with Crippen LogP contribution in [0.5, 0.6) is 0 Å². The van der Waals surface area contributed by atoms with Gasteiger partial charge in [0.15, 0.2) is 0 Å². The number of halogens is 3. The highest BCUT2D eigenvalue weighted by Gasteiger charge is 2.23. The Kier molecular flexibility index (Phi) is 12.6. The van der Waals surface area contributed by atoms with Gasteiger partial charge in [0.1, 0.15) is 0 Å². The van der Waals surface area contributed by atoms with Crippen molar-refractivity contribution in [2.45, 2.75) is 25.3 Å². The minimum Gasteiger partial charge on any atom is -0.317 e. The fraction of sp³-hybridized carbons (Fsp3) is 1.00. The number of piperidine rings is 1. The first-order valence-corrected chi connectivity index (χ1v) is 5.98. The molecule has 2 heterocycles. The van der Waals surface area contributed by atoms with Crippen molar-refractivity contribution in [2.75, 3.05) is 39.8 Å². The van der Waals surface area contributed by atoms with Crippen LogP contribution < -0.4 is 10.6 Å². The van der Waals surface area contributed by atoms with Crippen molar-refractivity contribution in [3.63, 3.8) is 0 Å². The van der Waals surface area contributed by atoms with E-state index >= 15 is 0 Å². The van der Waals surface area contributed by atoms with Crippen molar-refractivity contribution >= 4 is 37.2 Å². The van der Waals surface area contributed by atoms with E-state index in [1.54, 1.807) is 0 Å². The summed E-state index contributed by atoms with van der Waals surface area (Å²) in [4.78, 5) is 2.53. The Morgan fingerprint density at radius 2 is 1.65 bits per heavy atom. The monoisotopic (exact) mass is 305 g/mol. The summed E-state index contributed by atoms with van der Waals surface area (Å²) in [6, 6.07) is 0.784. The molecule has 2 saturated heterocycles. The topological polar surface area (TPSA) is 27.3 Å². The first-order valence-electron chi connectivity index (χ1n) is 5.98. The zero-order valence-electron chi connectivity index (χ0n) is 10.5. The molecule has 2 N–H and O–H groups in total. The molecule has 0 aliphatic carbocycles. The van der Waals surface area contributed by atoms with E-state index in [-0.39, 0.29) is 37.2 Å². The van der Waals surface area contributed by atoms with Crippen LogP contribution in [-0.4, -0.2) is 50.7 Å². The van der Waals surface area contributed by atoms with Crippen LogP contribution in [0.25, 0.3) is 0 Å². The summed E-state index contributed by atoms with van der Waals surface area (Å²) in [5.74, 6) is 0.962. The maximum Gasteiger partial charge on any atom is 0.0220 e. The molecule has 0 amide bonds. The molecule has 2 fully saturated rings. The summed E-state index contributed by atoms with van der Waals surface area (Å²) in [5, 5.41) is 6.93. The molecule has 1 unspecified atom stereocenters. The highest BCUT2D eigenvalue weighted by Crippen LogP contribution is 2.20. The lowest BCUT2D eigenvalue weighted by molar-refractivity contribution is 0.160. The summed E-state index contributed by atoms with van der Waals surface area (Å²) < 4.78 is 0. The van der Waals surface area contributed by atoms with Crippen molar-refractivity contribution in [3.8, 4) is 0 Å². The molecule has 1 atom stereocenters. The predicted molar refractivity (Wildman–Crippen MR) is 81.2 cm³/mol. The smallest absolute Gasteiger partial charge is 0.0220 e. The number of hydrogen-bond donors (Lipinski definition) is 2. The van der Waals surface area contributed by atoms with Crippen LogP contribution in [0.2, 0.25) is 0 Å². The average Bonchev–Trinajstić information content (AvgIpc) is 2.23. The largest absolute Gasteiger partial charge is 0.317 e. The summed E-state index contributed by atoms with van der Waals surface area (Å²) >= 11 is 0. The average molecular weight is 307 g/mol. The van der Waals surface area contributed by atoms with E-state index in [2.05, 4.69) is 22.6 Å². The van der Waals surface area contributed by atoms with Crippen LogP contribution in [0.15, 0.2) is 0 Å². The Balaban J connectivity index is 0. The summed E-state index contributed by atoms with van der Waals surface area (Å²) in [7, 11) is 2.27. The standard InChI is InChI=1S/C11H23N3.3ClH/c1-14-7-6-13-9-11(14)8-10-2-4-12-5-3-10;;;/h10-13H,2-9H2,1H3;3*1H. The van der Waals surface area contributed by atoms with E-state index in [4.69, 9.17) is 0 Å². The Hall–Kier alpha value is 0.750. The van der Waals surface area contributed by atoms with Crippen molar-refractivity contribution in [2.24, 2.45) is 5.92 Å². The molecule has 0 aromatic heterocycles. The first-order chi connectivity index (χ1) is 6.86. The molecule has 0 bridgehead atoms. The maximum atomic E-state index is 3.50.